The Morgan fingerprint density at radius 2 is 1.67 bits per heavy atom. The Labute approximate surface area is 124 Å². The van der Waals surface area contributed by atoms with Crippen LogP contribution in [0.1, 0.15) is 49.7 Å². The lowest BCUT2D eigenvalue weighted by molar-refractivity contribution is 0.149. The molecule has 0 aliphatic heterocycles. The fraction of sp³-hybridized carbons (Fsp3) is 0.647. The van der Waals surface area contributed by atoms with Gasteiger partial charge in [0.05, 0.1) is 0 Å². The van der Waals surface area contributed by atoms with Crippen molar-refractivity contribution in [3.05, 3.63) is 34.9 Å². The molecule has 4 heteroatoms. The lowest BCUT2D eigenvalue weighted by Crippen LogP contribution is -2.17. The van der Waals surface area contributed by atoms with Crippen LogP contribution >= 0.6 is 0 Å². The number of benzene rings is 1. The maximum absolute atomic E-state index is 14.3. The van der Waals surface area contributed by atoms with Crippen molar-refractivity contribution in [3.8, 4) is 0 Å². The Kier molecular flexibility index (Phi) is 5.71. The van der Waals surface area contributed by atoms with E-state index in [1.54, 1.807) is 12.1 Å². The van der Waals surface area contributed by atoms with E-state index in [4.69, 9.17) is 10.2 Å². The number of hydrogen-bond acceptors (Lipinski definition) is 2. The Balaban J connectivity index is 2.17. The fourth-order valence-electron chi connectivity index (χ4n) is 3.15. The Morgan fingerprint density at radius 3 is 2.24 bits per heavy atom. The summed E-state index contributed by atoms with van der Waals surface area (Å²) in [5.74, 6) is -1.24. The summed E-state index contributed by atoms with van der Waals surface area (Å²) >= 11 is 0. The molecular formula is C17H24F2O2. The quantitative estimate of drug-likeness (QED) is 0.874. The van der Waals surface area contributed by atoms with Gasteiger partial charge < -0.3 is 10.2 Å². The van der Waals surface area contributed by atoms with Crippen LogP contribution in [-0.2, 0) is 6.42 Å². The summed E-state index contributed by atoms with van der Waals surface area (Å²) in [6, 6.07) is 3.28. The van der Waals surface area contributed by atoms with Crippen LogP contribution in [-0.4, -0.2) is 23.4 Å². The first-order valence-electron chi connectivity index (χ1n) is 7.75. The molecule has 0 amide bonds. The molecule has 0 radical (unpaired) electrons. The normalized spacial score (nSPS) is 22.8. The first kappa shape index (κ1) is 16.4. The van der Waals surface area contributed by atoms with E-state index in [1.807, 2.05) is 0 Å². The average Bonchev–Trinajstić information content (AvgIpc) is 2.50. The van der Waals surface area contributed by atoms with Crippen molar-refractivity contribution >= 4 is 0 Å². The van der Waals surface area contributed by atoms with Crippen molar-refractivity contribution in [3.63, 3.8) is 0 Å². The molecule has 0 unspecified atom stereocenters. The molecule has 1 aliphatic rings. The van der Waals surface area contributed by atoms with E-state index in [0.717, 1.165) is 25.7 Å². The van der Waals surface area contributed by atoms with Crippen LogP contribution in [0.3, 0.4) is 0 Å². The van der Waals surface area contributed by atoms with Crippen molar-refractivity contribution in [1.82, 2.24) is 0 Å². The van der Waals surface area contributed by atoms with Gasteiger partial charge in [0.15, 0.2) is 11.6 Å². The molecule has 1 aliphatic carbocycles. The van der Waals surface area contributed by atoms with Gasteiger partial charge in [-0.2, -0.15) is 0 Å². The van der Waals surface area contributed by atoms with Gasteiger partial charge in [0.2, 0.25) is 0 Å². The molecule has 118 valence electrons. The van der Waals surface area contributed by atoms with Crippen LogP contribution in [0.2, 0.25) is 0 Å². The van der Waals surface area contributed by atoms with Crippen molar-refractivity contribution in [2.75, 3.05) is 13.2 Å². The third-order valence-corrected chi connectivity index (χ3v) is 4.67. The Bertz CT molecular complexity index is 464. The van der Waals surface area contributed by atoms with Crippen molar-refractivity contribution in [2.45, 2.75) is 44.9 Å². The zero-order valence-corrected chi connectivity index (χ0v) is 12.5. The van der Waals surface area contributed by atoms with E-state index in [-0.39, 0.29) is 31.1 Å². The van der Waals surface area contributed by atoms with Crippen molar-refractivity contribution in [2.24, 2.45) is 11.8 Å². The minimum absolute atomic E-state index is 0.108. The molecule has 2 N–H and O–H groups in total. The van der Waals surface area contributed by atoms with Gasteiger partial charge in [-0.15, -0.1) is 0 Å². The maximum atomic E-state index is 14.3. The van der Waals surface area contributed by atoms with Gasteiger partial charge in [-0.25, -0.2) is 8.78 Å². The zero-order chi connectivity index (χ0) is 15.4. The maximum Gasteiger partial charge on any atom is 0.162 e. The van der Waals surface area contributed by atoms with Crippen LogP contribution in [0.4, 0.5) is 8.78 Å². The SMILES string of the molecule is CC1CCC(c2ccc(CC(CO)CO)c(F)c2F)CC1. The molecular weight excluding hydrogens is 274 g/mol. The summed E-state index contributed by atoms with van der Waals surface area (Å²) < 4.78 is 28.5. The smallest absolute Gasteiger partial charge is 0.162 e. The molecule has 0 heterocycles. The third kappa shape index (κ3) is 3.80. The summed E-state index contributed by atoms with van der Waals surface area (Å²) in [6.07, 6.45) is 4.09. The average molecular weight is 298 g/mol. The van der Waals surface area contributed by atoms with E-state index in [2.05, 4.69) is 6.92 Å². The fourth-order valence-corrected chi connectivity index (χ4v) is 3.15. The molecule has 2 nitrogen and oxygen atoms in total. The predicted octanol–water partition coefficient (Wildman–Crippen LogP) is 3.40. The number of hydrogen-bond donors (Lipinski definition) is 2. The molecule has 1 saturated carbocycles. The second kappa shape index (κ2) is 7.32. The number of rotatable bonds is 5. The van der Waals surface area contributed by atoms with Gasteiger partial charge in [0.25, 0.3) is 0 Å². The van der Waals surface area contributed by atoms with Gasteiger partial charge in [-0.3, -0.25) is 0 Å². The monoisotopic (exact) mass is 298 g/mol. The van der Waals surface area contributed by atoms with Gasteiger partial charge >= 0.3 is 0 Å². The molecule has 1 aromatic rings. The second-order valence-corrected chi connectivity index (χ2v) is 6.33. The van der Waals surface area contributed by atoms with Gasteiger partial charge in [0.1, 0.15) is 0 Å². The highest BCUT2D eigenvalue weighted by atomic mass is 19.2. The van der Waals surface area contributed by atoms with Crippen molar-refractivity contribution < 1.29 is 19.0 Å². The molecule has 21 heavy (non-hydrogen) atoms. The zero-order valence-electron chi connectivity index (χ0n) is 12.5. The Morgan fingerprint density at radius 1 is 1.05 bits per heavy atom. The predicted molar refractivity (Wildman–Crippen MR) is 78.1 cm³/mol. The molecule has 0 saturated heterocycles. The number of halogens is 2. The summed E-state index contributed by atoms with van der Waals surface area (Å²) in [5, 5.41) is 18.1. The van der Waals surface area contributed by atoms with Gasteiger partial charge in [-0.1, -0.05) is 31.9 Å². The minimum Gasteiger partial charge on any atom is -0.396 e. The Hall–Kier alpha value is -1.00. The minimum atomic E-state index is -0.821. The van der Waals surface area contributed by atoms with Crippen LogP contribution in [0.5, 0.6) is 0 Å². The third-order valence-electron chi connectivity index (χ3n) is 4.67. The summed E-state index contributed by atoms with van der Waals surface area (Å²) in [4.78, 5) is 0. The van der Waals surface area contributed by atoms with E-state index in [0.29, 0.717) is 11.5 Å². The van der Waals surface area contributed by atoms with Crippen molar-refractivity contribution in [1.29, 1.82) is 0 Å². The molecule has 0 bridgehead atoms. The van der Waals surface area contributed by atoms with E-state index in [1.165, 1.54) is 0 Å². The highest BCUT2D eigenvalue weighted by Gasteiger charge is 2.25. The van der Waals surface area contributed by atoms with E-state index < -0.39 is 17.6 Å². The molecule has 0 atom stereocenters. The van der Waals surface area contributed by atoms with Crippen LogP contribution in [0.25, 0.3) is 0 Å². The van der Waals surface area contributed by atoms with E-state index >= 15 is 0 Å². The number of aliphatic hydroxyl groups excluding tert-OH is 2. The molecule has 2 rings (SSSR count). The van der Waals surface area contributed by atoms with Crippen LogP contribution in [0.15, 0.2) is 12.1 Å². The molecule has 0 spiro atoms. The summed E-state index contributed by atoms with van der Waals surface area (Å²) in [6.45, 7) is 1.72. The first-order valence-corrected chi connectivity index (χ1v) is 7.75. The topological polar surface area (TPSA) is 40.5 Å². The molecule has 1 fully saturated rings. The summed E-state index contributed by atoms with van der Waals surface area (Å²) in [5.41, 5.74) is 0.709. The lowest BCUT2D eigenvalue weighted by atomic mass is 9.79. The second-order valence-electron chi connectivity index (χ2n) is 6.33. The molecule has 1 aromatic carbocycles. The number of aliphatic hydroxyl groups is 2. The standard InChI is InChI=1S/C17H24F2O2/c1-11-2-4-13(5-3-11)15-7-6-14(16(18)17(15)19)8-12(9-20)10-21/h6-7,11-13,20-21H,2-5,8-10H2,1H3. The first-order chi connectivity index (χ1) is 10.1. The summed E-state index contributed by atoms with van der Waals surface area (Å²) in [7, 11) is 0. The van der Waals surface area contributed by atoms with E-state index in [9.17, 15) is 8.78 Å². The van der Waals surface area contributed by atoms with Crippen LogP contribution in [0, 0.1) is 23.5 Å². The molecule has 0 aromatic heterocycles. The highest BCUT2D eigenvalue weighted by Crippen LogP contribution is 2.37. The lowest BCUT2D eigenvalue weighted by Gasteiger charge is -2.27. The van der Waals surface area contributed by atoms with Gasteiger partial charge in [-0.05, 0) is 42.2 Å². The largest absolute Gasteiger partial charge is 0.396 e. The van der Waals surface area contributed by atoms with Crippen LogP contribution < -0.4 is 0 Å². The van der Waals surface area contributed by atoms with Gasteiger partial charge in [0, 0.05) is 19.1 Å². The highest BCUT2D eigenvalue weighted by molar-refractivity contribution is 5.29.